The van der Waals surface area contributed by atoms with Crippen LogP contribution < -0.4 is 0 Å². The Balaban J connectivity index is 2.00. The van der Waals surface area contributed by atoms with Crippen molar-refractivity contribution in [1.82, 2.24) is 0 Å². The number of carbonyl (C=O) groups is 2. The van der Waals surface area contributed by atoms with E-state index in [9.17, 15) is 14.7 Å². The van der Waals surface area contributed by atoms with Gasteiger partial charge in [-0.25, -0.2) is 0 Å². The Kier molecular flexibility index (Phi) is 24.2. The lowest BCUT2D eigenvalue weighted by Gasteiger charge is -2.15. The van der Waals surface area contributed by atoms with Gasteiger partial charge in [0.25, 0.3) is 0 Å². The summed E-state index contributed by atoms with van der Waals surface area (Å²) in [6, 6.07) is 0. The van der Waals surface area contributed by atoms with E-state index in [0.717, 1.165) is 50.9 Å². The zero-order valence-corrected chi connectivity index (χ0v) is 27.1. The summed E-state index contributed by atoms with van der Waals surface area (Å²) in [5, 5.41) is 9.52. The monoisotopic (exact) mass is 590 g/mol. The van der Waals surface area contributed by atoms with E-state index in [1.165, 1.54) is 57.8 Å². The SMILES string of the molecule is CCCCC/C=C\C/C=C\C/C=C\CC1OC1CCCC(=O)O[C@@H](CO)COC(=O)CCCCCCCCC(C)CC. The van der Waals surface area contributed by atoms with E-state index in [1.54, 1.807) is 0 Å². The molecular weight excluding hydrogens is 528 g/mol. The van der Waals surface area contributed by atoms with Gasteiger partial charge in [0.2, 0.25) is 0 Å². The van der Waals surface area contributed by atoms with Gasteiger partial charge in [-0.15, -0.1) is 0 Å². The average Bonchev–Trinajstić information content (AvgIpc) is 3.74. The number of hydrogen-bond donors (Lipinski definition) is 1. The van der Waals surface area contributed by atoms with E-state index in [-0.39, 0.29) is 43.8 Å². The first-order valence-corrected chi connectivity index (χ1v) is 17.1. The summed E-state index contributed by atoms with van der Waals surface area (Å²) in [5.41, 5.74) is 0. The van der Waals surface area contributed by atoms with Crippen LogP contribution in [-0.2, 0) is 23.8 Å². The predicted molar refractivity (Wildman–Crippen MR) is 172 cm³/mol. The molecule has 0 aromatic heterocycles. The van der Waals surface area contributed by atoms with Crippen LogP contribution in [0.15, 0.2) is 36.5 Å². The largest absolute Gasteiger partial charge is 0.462 e. The maximum Gasteiger partial charge on any atom is 0.306 e. The molecule has 1 aliphatic heterocycles. The number of aliphatic hydroxyl groups is 1. The molecule has 242 valence electrons. The fourth-order valence-electron chi connectivity index (χ4n) is 4.79. The fraction of sp³-hybridized carbons (Fsp3) is 0.778. The molecule has 1 fully saturated rings. The molecule has 0 aromatic carbocycles. The van der Waals surface area contributed by atoms with Crippen molar-refractivity contribution in [2.24, 2.45) is 5.92 Å². The van der Waals surface area contributed by atoms with Gasteiger partial charge in [0.15, 0.2) is 6.10 Å². The van der Waals surface area contributed by atoms with E-state index in [1.807, 2.05) is 0 Å². The first-order valence-electron chi connectivity index (χ1n) is 17.1. The van der Waals surface area contributed by atoms with Gasteiger partial charge in [-0.2, -0.15) is 0 Å². The summed E-state index contributed by atoms with van der Waals surface area (Å²) in [4.78, 5) is 24.2. The Hall–Kier alpha value is -1.92. The molecule has 1 saturated heterocycles. The van der Waals surface area contributed by atoms with Gasteiger partial charge in [0.1, 0.15) is 6.61 Å². The van der Waals surface area contributed by atoms with E-state index in [2.05, 4.69) is 57.2 Å². The molecule has 0 bridgehead atoms. The molecule has 6 heteroatoms. The molecular formula is C36H62O6. The Morgan fingerprint density at radius 3 is 2.17 bits per heavy atom. The Morgan fingerprint density at radius 2 is 1.45 bits per heavy atom. The number of esters is 2. The molecule has 3 unspecified atom stereocenters. The average molecular weight is 591 g/mol. The highest BCUT2D eigenvalue weighted by molar-refractivity contribution is 5.70. The first kappa shape index (κ1) is 38.1. The minimum absolute atomic E-state index is 0.0955. The molecule has 42 heavy (non-hydrogen) atoms. The zero-order valence-electron chi connectivity index (χ0n) is 27.1. The third-order valence-corrected chi connectivity index (χ3v) is 7.90. The van der Waals surface area contributed by atoms with Gasteiger partial charge in [-0.05, 0) is 57.3 Å². The predicted octanol–water partition coefficient (Wildman–Crippen LogP) is 8.96. The lowest BCUT2D eigenvalue weighted by molar-refractivity contribution is -0.161. The first-order chi connectivity index (χ1) is 20.5. The lowest BCUT2D eigenvalue weighted by atomic mass is 10.00. The number of rotatable bonds is 28. The highest BCUT2D eigenvalue weighted by Gasteiger charge is 2.36. The maximum atomic E-state index is 12.2. The molecule has 1 rings (SSSR count). The summed E-state index contributed by atoms with van der Waals surface area (Å²) in [6.45, 7) is 6.33. The van der Waals surface area contributed by atoms with Crippen LogP contribution in [0.3, 0.4) is 0 Å². The second-order valence-electron chi connectivity index (χ2n) is 11.9. The third-order valence-electron chi connectivity index (χ3n) is 7.90. The van der Waals surface area contributed by atoms with Gasteiger partial charge in [0, 0.05) is 12.8 Å². The van der Waals surface area contributed by atoms with Crippen LogP contribution in [0.1, 0.15) is 143 Å². The van der Waals surface area contributed by atoms with Crippen molar-refractivity contribution < 1.29 is 28.9 Å². The highest BCUT2D eigenvalue weighted by atomic mass is 16.6. The molecule has 4 atom stereocenters. The van der Waals surface area contributed by atoms with Crippen LogP contribution in [0.4, 0.5) is 0 Å². The summed E-state index contributed by atoms with van der Waals surface area (Å²) in [7, 11) is 0. The zero-order chi connectivity index (χ0) is 30.7. The van der Waals surface area contributed by atoms with Crippen LogP contribution in [-0.4, -0.2) is 48.6 Å². The van der Waals surface area contributed by atoms with Crippen molar-refractivity contribution in [2.75, 3.05) is 13.2 Å². The molecule has 1 heterocycles. The van der Waals surface area contributed by atoms with E-state index < -0.39 is 6.10 Å². The summed E-state index contributed by atoms with van der Waals surface area (Å²) >= 11 is 0. The molecule has 0 aliphatic carbocycles. The van der Waals surface area contributed by atoms with Crippen LogP contribution in [0, 0.1) is 5.92 Å². The maximum absolute atomic E-state index is 12.2. The quantitative estimate of drug-likeness (QED) is 0.0424. The minimum atomic E-state index is -0.808. The van der Waals surface area contributed by atoms with Crippen LogP contribution >= 0.6 is 0 Å². The van der Waals surface area contributed by atoms with Gasteiger partial charge in [0.05, 0.1) is 18.8 Å². The van der Waals surface area contributed by atoms with Crippen molar-refractivity contribution >= 4 is 11.9 Å². The van der Waals surface area contributed by atoms with Crippen LogP contribution in [0.25, 0.3) is 0 Å². The van der Waals surface area contributed by atoms with E-state index >= 15 is 0 Å². The van der Waals surface area contributed by atoms with Crippen molar-refractivity contribution in [1.29, 1.82) is 0 Å². The molecule has 0 amide bonds. The summed E-state index contributed by atoms with van der Waals surface area (Å²) < 4.78 is 16.3. The smallest absolute Gasteiger partial charge is 0.306 e. The second kappa shape index (κ2) is 26.7. The Bertz CT molecular complexity index is 758. The molecule has 0 spiro atoms. The number of aliphatic hydroxyl groups excluding tert-OH is 1. The third kappa shape index (κ3) is 22.6. The number of allylic oxidation sites excluding steroid dienone is 5. The minimum Gasteiger partial charge on any atom is -0.462 e. The van der Waals surface area contributed by atoms with Gasteiger partial charge in [-0.1, -0.05) is 115 Å². The lowest BCUT2D eigenvalue weighted by Crippen LogP contribution is -2.28. The topological polar surface area (TPSA) is 85.4 Å². The van der Waals surface area contributed by atoms with E-state index in [0.29, 0.717) is 12.8 Å². The number of carbonyl (C=O) groups excluding carboxylic acids is 2. The second-order valence-corrected chi connectivity index (χ2v) is 11.9. The molecule has 0 aromatic rings. The normalized spacial score (nSPS) is 18.2. The highest BCUT2D eigenvalue weighted by Crippen LogP contribution is 2.30. The van der Waals surface area contributed by atoms with Crippen molar-refractivity contribution in [3.63, 3.8) is 0 Å². The molecule has 1 N–H and O–H groups in total. The number of unbranched alkanes of at least 4 members (excludes halogenated alkanes) is 8. The van der Waals surface area contributed by atoms with E-state index in [4.69, 9.17) is 14.2 Å². The summed E-state index contributed by atoms with van der Waals surface area (Å²) in [6.07, 6.45) is 32.2. The van der Waals surface area contributed by atoms with Crippen molar-refractivity contribution in [3.8, 4) is 0 Å². The van der Waals surface area contributed by atoms with Crippen molar-refractivity contribution in [3.05, 3.63) is 36.5 Å². The van der Waals surface area contributed by atoms with Gasteiger partial charge in [-0.3, -0.25) is 9.59 Å². The number of hydrogen-bond acceptors (Lipinski definition) is 6. The number of ether oxygens (including phenoxy) is 3. The molecule has 6 nitrogen and oxygen atoms in total. The van der Waals surface area contributed by atoms with Gasteiger partial charge >= 0.3 is 11.9 Å². The van der Waals surface area contributed by atoms with Crippen LogP contribution in [0.2, 0.25) is 0 Å². The summed E-state index contributed by atoms with van der Waals surface area (Å²) in [5.74, 6) is 0.145. The molecule has 1 aliphatic rings. The number of epoxide rings is 1. The molecule has 0 radical (unpaired) electrons. The van der Waals surface area contributed by atoms with Crippen molar-refractivity contribution in [2.45, 2.75) is 161 Å². The molecule has 0 saturated carbocycles. The Morgan fingerprint density at radius 1 is 0.786 bits per heavy atom. The fourth-order valence-corrected chi connectivity index (χ4v) is 4.79. The standard InChI is InChI=1S/C36H62O6/c1-4-6-7-8-9-10-11-12-13-14-18-21-25-33-34(42-33)26-23-28-36(39)41-32(29-37)30-40-35(38)27-22-19-16-15-17-20-24-31(3)5-2/h9-10,12-13,18,21,31-34,37H,4-8,11,14-17,19-20,22-30H2,1-3H3/b10-9-,13-12-,21-18-/t31?,32-,33?,34?/m0/s1. The Labute approximate surface area is 257 Å². The van der Waals surface area contributed by atoms with Gasteiger partial charge < -0.3 is 19.3 Å². The van der Waals surface area contributed by atoms with Crippen LogP contribution in [0.5, 0.6) is 0 Å².